The molecule has 1 atom stereocenters. The van der Waals surface area contributed by atoms with Gasteiger partial charge in [0.05, 0.1) is 5.60 Å². The first-order valence-corrected chi connectivity index (χ1v) is 4.84. The molecule has 14 heavy (non-hydrogen) atoms. The van der Waals surface area contributed by atoms with E-state index in [2.05, 4.69) is 0 Å². The van der Waals surface area contributed by atoms with E-state index in [1.165, 1.54) is 0 Å². The molecule has 1 aromatic rings. The van der Waals surface area contributed by atoms with Crippen molar-refractivity contribution >= 4 is 5.69 Å². The SMILES string of the molecule is CC(C)(C)C(C)(O)c1ccccc1N. The van der Waals surface area contributed by atoms with Crippen LogP contribution in [0.15, 0.2) is 24.3 Å². The summed E-state index contributed by atoms with van der Waals surface area (Å²) in [5.74, 6) is 0. The molecule has 0 fully saturated rings. The Morgan fingerprint density at radius 3 is 2.00 bits per heavy atom. The Kier molecular flexibility index (Phi) is 2.59. The normalized spacial score (nSPS) is 16.4. The Bertz CT molecular complexity index is 323. The van der Waals surface area contributed by atoms with Gasteiger partial charge < -0.3 is 10.8 Å². The van der Waals surface area contributed by atoms with Gasteiger partial charge in [0, 0.05) is 11.3 Å². The molecule has 0 saturated carbocycles. The average Bonchev–Trinajstić information content (AvgIpc) is 2.02. The van der Waals surface area contributed by atoms with Crippen molar-refractivity contribution < 1.29 is 5.11 Å². The third-order valence-electron chi connectivity index (χ3n) is 2.95. The highest BCUT2D eigenvalue weighted by Crippen LogP contribution is 2.40. The summed E-state index contributed by atoms with van der Waals surface area (Å²) in [4.78, 5) is 0. The molecule has 0 aliphatic rings. The highest BCUT2D eigenvalue weighted by molar-refractivity contribution is 5.49. The molecule has 0 aliphatic heterocycles. The molecule has 1 rings (SSSR count). The van der Waals surface area contributed by atoms with Crippen molar-refractivity contribution in [2.24, 2.45) is 5.41 Å². The molecule has 0 aromatic heterocycles. The summed E-state index contributed by atoms with van der Waals surface area (Å²) in [6, 6.07) is 7.46. The molecule has 2 heteroatoms. The number of aliphatic hydroxyl groups is 1. The lowest BCUT2D eigenvalue weighted by Gasteiger charge is -2.38. The van der Waals surface area contributed by atoms with E-state index in [-0.39, 0.29) is 5.41 Å². The molecule has 0 heterocycles. The third kappa shape index (κ3) is 1.75. The van der Waals surface area contributed by atoms with Gasteiger partial charge >= 0.3 is 0 Å². The van der Waals surface area contributed by atoms with Crippen LogP contribution in [0, 0.1) is 5.41 Å². The highest BCUT2D eigenvalue weighted by Gasteiger charge is 2.37. The van der Waals surface area contributed by atoms with Crippen LogP contribution in [-0.4, -0.2) is 5.11 Å². The lowest BCUT2D eigenvalue weighted by atomic mass is 9.73. The van der Waals surface area contributed by atoms with Gasteiger partial charge in [-0.25, -0.2) is 0 Å². The zero-order valence-corrected chi connectivity index (χ0v) is 9.33. The molecule has 0 amide bonds. The van der Waals surface area contributed by atoms with Crippen LogP contribution < -0.4 is 5.73 Å². The Labute approximate surface area is 85.8 Å². The number of anilines is 1. The molecule has 78 valence electrons. The second kappa shape index (κ2) is 3.28. The maximum Gasteiger partial charge on any atom is 0.0936 e. The van der Waals surface area contributed by atoms with Gasteiger partial charge in [0.25, 0.3) is 0 Å². The predicted octanol–water partition coefficient (Wildman–Crippen LogP) is 2.52. The van der Waals surface area contributed by atoms with Crippen LogP contribution in [0.25, 0.3) is 0 Å². The van der Waals surface area contributed by atoms with Gasteiger partial charge in [-0.3, -0.25) is 0 Å². The number of nitrogen functional groups attached to an aromatic ring is 1. The maximum atomic E-state index is 10.4. The molecule has 0 saturated heterocycles. The van der Waals surface area contributed by atoms with Crippen molar-refractivity contribution in [3.63, 3.8) is 0 Å². The van der Waals surface area contributed by atoms with Crippen molar-refractivity contribution in [1.82, 2.24) is 0 Å². The number of benzene rings is 1. The fraction of sp³-hybridized carbons (Fsp3) is 0.500. The fourth-order valence-corrected chi connectivity index (χ4v) is 1.34. The molecule has 0 bridgehead atoms. The summed E-state index contributed by atoms with van der Waals surface area (Å²) in [6.07, 6.45) is 0. The van der Waals surface area contributed by atoms with Crippen LogP contribution in [0.1, 0.15) is 33.3 Å². The number of hydrogen-bond acceptors (Lipinski definition) is 2. The molecule has 0 spiro atoms. The van der Waals surface area contributed by atoms with Crippen LogP contribution in [-0.2, 0) is 5.60 Å². The molecule has 0 aliphatic carbocycles. The van der Waals surface area contributed by atoms with Crippen molar-refractivity contribution in [3.8, 4) is 0 Å². The van der Waals surface area contributed by atoms with E-state index < -0.39 is 5.60 Å². The van der Waals surface area contributed by atoms with Crippen LogP contribution in [0.4, 0.5) is 5.69 Å². The van der Waals surface area contributed by atoms with Crippen LogP contribution in [0.3, 0.4) is 0 Å². The van der Waals surface area contributed by atoms with Gasteiger partial charge in [-0.2, -0.15) is 0 Å². The van der Waals surface area contributed by atoms with Gasteiger partial charge in [-0.15, -0.1) is 0 Å². The van der Waals surface area contributed by atoms with E-state index in [1.54, 1.807) is 6.92 Å². The topological polar surface area (TPSA) is 46.2 Å². The van der Waals surface area contributed by atoms with E-state index in [4.69, 9.17) is 5.73 Å². The maximum absolute atomic E-state index is 10.4. The Hall–Kier alpha value is -1.02. The standard InChI is InChI=1S/C12H19NO/c1-11(2,3)12(4,14)9-7-5-6-8-10(9)13/h5-8,14H,13H2,1-4H3. The molecular weight excluding hydrogens is 174 g/mol. The third-order valence-corrected chi connectivity index (χ3v) is 2.95. The summed E-state index contributed by atoms with van der Waals surface area (Å²) in [5, 5.41) is 10.4. The lowest BCUT2D eigenvalue weighted by Crippen LogP contribution is -2.37. The second-order valence-electron chi connectivity index (χ2n) is 4.91. The Morgan fingerprint density at radius 2 is 1.57 bits per heavy atom. The number of hydrogen-bond donors (Lipinski definition) is 2. The summed E-state index contributed by atoms with van der Waals surface area (Å²) in [5.41, 5.74) is 6.15. The Balaban J connectivity index is 3.23. The summed E-state index contributed by atoms with van der Waals surface area (Å²) in [6.45, 7) is 7.80. The van der Waals surface area contributed by atoms with Crippen LogP contribution in [0.5, 0.6) is 0 Å². The molecule has 3 N–H and O–H groups in total. The molecule has 1 unspecified atom stereocenters. The lowest BCUT2D eigenvalue weighted by molar-refractivity contribution is -0.0463. The van der Waals surface area contributed by atoms with Gasteiger partial charge in [-0.05, 0) is 18.4 Å². The summed E-state index contributed by atoms with van der Waals surface area (Å²) >= 11 is 0. The van der Waals surface area contributed by atoms with Crippen molar-refractivity contribution in [2.75, 3.05) is 5.73 Å². The van der Waals surface area contributed by atoms with Gasteiger partial charge in [0.1, 0.15) is 0 Å². The first-order chi connectivity index (χ1) is 6.27. The molecule has 1 aromatic carbocycles. The molecule has 2 nitrogen and oxygen atoms in total. The number of rotatable bonds is 1. The van der Waals surface area contributed by atoms with Gasteiger partial charge in [0.2, 0.25) is 0 Å². The quantitative estimate of drug-likeness (QED) is 0.673. The monoisotopic (exact) mass is 193 g/mol. The Morgan fingerprint density at radius 1 is 1.07 bits per heavy atom. The van der Waals surface area contributed by atoms with E-state index in [0.29, 0.717) is 5.69 Å². The average molecular weight is 193 g/mol. The zero-order valence-electron chi connectivity index (χ0n) is 9.33. The van der Waals surface area contributed by atoms with Gasteiger partial charge in [0.15, 0.2) is 0 Å². The van der Waals surface area contributed by atoms with E-state index >= 15 is 0 Å². The van der Waals surface area contributed by atoms with Crippen LogP contribution in [0.2, 0.25) is 0 Å². The minimum Gasteiger partial charge on any atom is -0.398 e. The summed E-state index contributed by atoms with van der Waals surface area (Å²) < 4.78 is 0. The molecule has 0 radical (unpaired) electrons. The first-order valence-electron chi connectivity index (χ1n) is 4.84. The first kappa shape index (κ1) is 11.1. The van der Waals surface area contributed by atoms with Crippen molar-refractivity contribution in [3.05, 3.63) is 29.8 Å². The minimum absolute atomic E-state index is 0.234. The number of para-hydroxylation sites is 1. The highest BCUT2D eigenvalue weighted by atomic mass is 16.3. The zero-order chi connectivity index (χ0) is 11.0. The van der Waals surface area contributed by atoms with Gasteiger partial charge in [-0.1, -0.05) is 39.0 Å². The van der Waals surface area contributed by atoms with E-state index in [0.717, 1.165) is 5.56 Å². The van der Waals surface area contributed by atoms with Crippen molar-refractivity contribution in [1.29, 1.82) is 0 Å². The van der Waals surface area contributed by atoms with Crippen molar-refractivity contribution in [2.45, 2.75) is 33.3 Å². The van der Waals surface area contributed by atoms with E-state index in [1.807, 2.05) is 45.0 Å². The minimum atomic E-state index is -0.904. The number of nitrogens with two attached hydrogens (primary N) is 1. The smallest absolute Gasteiger partial charge is 0.0936 e. The largest absolute Gasteiger partial charge is 0.398 e. The van der Waals surface area contributed by atoms with Crippen LogP contribution >= 0.6 is 0 Å². The molecular formula is C12H19NO. The summed E-state index contributed by atoms with van der Waals surface area (Å²) in [7, 11) is 0. The second-order valence-corrected chi connectivity index (χ2v) is 4.91. The predicted molar refractivity (Wildman–Crippen MR) is 59.9 cm³/mol. The van der Waals surface area contributed by atoms with E-state index in [9.17, 15) is 5.11 Å². The fourth-order valence-electron chi connectivity index (χ4n) is 1.34.